The zero-order valence-corrected chi connectivity index (χ0v) is 11.6. The number of rotatable bonds is 4. The SMILES string of the molecule is COC(=O)c1ccc(CC(C)C[TeH])cc1. The van der Waals surface area contributed by atoms with Crippen molar-refractivity contribution in [3.63, 3.8) is 0 Å². The van der Waals surface area contributed by atoms with E-state index in [1.54, 1.807) is 0 Å². The van der Waals surface area contributed by atoms with Crippen LogP contribution in [0.1, 0.15) is 22.8 Å². The van der Waals surface area contributed by atoms with E-state index in [0.717, 1.165) is 6.42 Å². The normalized spacial score (nSPS) is 12.2. The Bertz CT molecular complexity index is 319. The maximum atomic E-state index is 11.2. The van der Waals surface area contributed by atoms with E-state index >= 15 is 0 Å². The molecule has 0 fully saturated rings. The molecule has 0 aliphatic carbocycles. The number of esters is 1. The van der Waals surface area contributed by atoms with E-state index in [0.29, 0.717) is 11.5 Å². The first-order valence-corrected chi connectivity index (χ1v) is 6.76. The minimum absolute atomic E-state index is 0.271. The fourth-order valence-electron chi connectivity index (χ4n) is 1.36. The fraction of sp³-hybridized carbons (Fsp3) is 0.417. The molecule has 1 rings (SSSR count). The van der Waals surface area contributed by atoms with Gasteiger partial charge < -0.3 is 0 Å². The van der Waals surface area contributed by atoms with Crippen molar-refractivity contribution < 1.29 is 9.53 Å². The molecule has 1 unspecified atom stereocenters. The summed E-state index contributed by atoms with van der Waals surface area (Å²) in [6, 6.07) is 7.66. The van der Waals surface area contributed by atoms with Gasteiger partial charge in [-0.25, -0.2) is 0 Å². The molecule has 0 heterocycles. The molecule has 0 radical (unpaired) electrons. The molecule has 82 valence electrons. The third-order valence-electron chi connectivity index (χ3n) is 2.27. The first-order valence-electron chi connectivity index (χ1n) is 4.95. The summed E-state index contributed by atoms with van der Waals surface area (Å²) in [7, 11) is 1.40. The zero-order chi connectivity index (χ0) is 11.3. The fourth-order valence-corrected chi connectivity index (χ4v) is 1.73. The van der Waals surface area contributed by atoms with Crippen molar-refractivity contribution in [3.05, 3.63) is 35.4 Å². The van der Waals surface area contributed by atoms with Gasteiger partial charge in [0, 0.05) is 0 Å². The molecule has 2 nitrogen and oxygen atoms in total. The molecular weight excluding hydrogens is 304 g/mol. The van der Waals surface area contributed by atoms with Gasteiger partial charge in [-0.1, -0.05) is 0 Å². The second-order valence-corrected chi connectivity index (χ2v) is 4.72. The predicted molar refractivity (Wildman–Crippen MR) is 62.6 cm³/mol. The molecule has 0 bridgehead atoms. The molecular formula is C12H16O2Te. The van der Waals surface area contributed by atoms with Gasteiger partial charge in [0.05, 0.1) is 0 Å². The van der Waals surface area contributed by atoms with E-state index in [-0.39, 0.29) is 5.97 Å². The number of carbonyl (C=O) groups is 1. The third-order valence-corrected chi connectivity index (χ3v) is 4.05. The van der Waals surface area contributed by atoms with E-state index in [2.05, 4.69) is 11.7 Å². The Kier molecular flexibility index (Phi) is 5.14. The molecule has 1 aromatic carbocycles. The monoisotopic (exact) mass is 322 g/mol. The van der Waals surface area contributed by atoms with Crippen LogP contribution in [0.25, 0.3) is 0 Å². The van der Waals surface area contributed by atoms with Gasteiger partial charge in [0.25, 0.3) is 0 Å². The predicted octanol–water partition coefficient (Wildman–Crippen LogP) is 1.97. The Morgan fingerprint density at radius 1 is 1.40 bits per heavy atom. The number of benzene rings is 1. The van der Waals surface area contributed by atoms with Crippen molar-refractivity contribution in [2.24, 2.45) is 5.92 Å². The van der Waals surface area contributed by atoms with Gasteiger partial charge in [-0.2, -0.15) is 0 Å². The molecule has 0 aromatic heterocycles. The number of ether oxygens (including phenoxy) is 1. The second-order valence-electron chi connectivity index (χ2n) is 3.68. The van der Waals surface area contributed by atoms with Crippen LogP contribution >= 0.6 is 0 Å². The molecule has 0 saturated carbocycles. The van der Waals surface area contributed by atoms with Crippen molar-refractivity contribution in [1.82, 2.24) is 0 Å². The summed E-state index contributed by atoms with van der Waals surface area (Å²) in [6.45, 7) is 2.24. The standard InChI is InChI=1S/C12H16O2Te/c1-9(8-15)7-10-3-5-11(6-4-10)12(13)14-2/h3-6,9,15H,7-8H2,1-2H3. The molecule has 1 aromatic rings. The van der Waals surface area contributed by atoms with E-state index < -0.39 is 0 Å². The topological polar surface area (TPSA) is 26.3 Å². The van der Waals surface area contributed by atoms with Crippen LogP contribution in [-0.4, -0.2) is 35.4 Å². The molecule has 0 aliphatic rings. The van der Waals surface area contributed by atoms with Gasteiger partial charge in [0.1, 0.15) is 0 Å². The Morgan fingerprint density at radius 3 is 2.47 bits per heavy atom. The van der Waals surface area contributed by atoms with Crippen LogP contribution in [0, 0.1) is 5.92 Å². The first-order chi connectivity index (χ1) is 7.17. The van der Waals surface area contributed by atoms with Crippen LogP contribution in [0.3, 0.4) is 0 Å². The molecule has 0 spiro atoms. The Morgan fingerprint density at radius 2 is 2.00 bits per heavy atom. The number of methoxy groups -OCH3 is 1. The van der Waals surface area contributed by atoms with Crippen LogP contribution < -0.4 is 0 Å². The molecule has 0 aliphatic heterocycles. The van der Waals surface area contributed by atoms with Crippen LogP contribution in [0.5, 0.6) is 0 Å². The van der Waals surface area contributed by atoms with Crippen molar-refractivity contribution in [1.29, 1.82) is 0 Å². The molecule has 0 amide bonds. The van der Waals surface area contributed by atoms with Gasteiger partial charge in [0.15, 0.2) is 0 Å². The van der Waals surface area contributed by atoms with Crippen molar-refractivity contribution in [2.45, 2.75) is 17.8 Å². The minimum atomic E-state index is -0.271. The van der Waals surface area contributed by atoms with E-state index in [4.69, 9.17) is 0 Å². The molecule has 1 atom stereocenters. The summed E-state index contributed by atoms with van der Waals surface area (Å²) in [6.07, 6.45) is 1.08. The van der Waals surface area contributed by atoms with Crippen molar-refractivity contribution in [2.75, 3.05) is 7.11 Å². The maximum absolute atomic E-state index is 11.2. The van der Waals surface area contributed by atoms with E-state index in [9.17, 15) is 4.79 Å². The van der Waals surface area contributed by atoms with Crippen molar-refractivity contribution in [3.8, 4) is 0 Å². The number of hydrogen-bond donors (Lipinski definition) is 0. The summed E-state index contributed by atoms with van der Waals surface area (Å²) in [5.74, 6) is 0.440. The summed E-state index contributed by atoms with van der Waals surface area (Å²) in [5.41, 5.74) is 1.90. The molecule has 0 N–H and O–H groups in total. The van der Waals surface area contributed by atoms with Crippen LogP contribution in [-0.2, 0) is 11.2 Å². The summed E-state index contributed by atoms with van der Waals surface area (Å²) in [5, 5.41) is 0. The van der Waals surface area contributed by atoms with Gasteiger partial charge in [0.2, 0.25) is 0 Å². The van der Waals surface area contributed by atoms with Crippen LogP contribution in [0.15, 0.2) is 24.3 Å². The van der Waals surface area contributed by atoms with E-state index in [1.807, 2.05) is 46.6 Å². The quantitative estimate of drug-likeness (QED) is 0.626. The van der Waals surface area contributed by atoms with Crippen LogP contribution in [0.2, 0.25) is 4.47 Å². The summed E-state index contributed by atoms with van der Waals surface area (Å²) >= 11 is 1.85. The Labute approximate surface area is 104 Å². The number of hydrogen-bond acceptors (Lipinski definition) is 2. The van der Waals surface area contributed by atoms with Gasteiger partial charge >= 0.3 is 104 Å². The Balaban J connectivity index is 2.68. The third kappa shape index (κ3) is 3.85. The van der Waals surface area contributed by atoms with Crippen molar-refractivity contribution >= 4 is 28.3 Å². The zero-order valence-electron chi connectivity index (χ0n) is 9.06. The average molecular weight is 320 g/mol. The molecule has 0 saturated heterocycles. The molecule has 3 heteroatoms. The second kappa shape index (κ2) is 6.15. The Hall–Kier alpha value is -0.520. The van der Waals surface area contributed by atoms with Gasteiger partial charge in [-0.05, 0) is 0 Å². The summed E-state index contributed by atoms with van der Waals surface area (Å²) < 4.78 is 5.87. The number of carbonyl (C=O) groups excluding carboxylic acids is 1. The van der Waals surface area contributed by atoms with Crippen LogP contribution in [0.4, 0.5) is 0 Å². The average Bonchev–Trinajstić information content (AvgIpc) is 2.29. The molecule has 15 heavy (non-hydrogen) atoms. The van der Waals surface area contributed by atoms with Gasteiger partial charge in [-0.15, -0.1) is 0 Å². The summed E-state index contributed by atoms with van der Waals surface area (Å²) in [4.78, 5) is 11.2. The van der Waals surface area contributed by atoms with E-state index in [1.165, 1.54) is 17.1 Å². The first kappa shape index (κ1) is 12.5. The van der Waals surface area contributed by atoms with Gasteiger partial charge in [-0.3, -0.25) is 0 Å².